The van der Waals surface area contributed by atoms with Crippen LogP contribution in [-0.4, -0.2) is 57.7 Å². The molecule has 5 nitrogen and oxygen atoms in total. The third kappa shape index (κ3) is 2.74. The number of rotatable bonds is 2. The quantitative estimate of drug-likeness (QED) is 0.850. The number of piperidine rings is 1. The van der Waals surface area contributed by atoms with Crippen molar-refractivity contribution in [3.05, 3.63) is 48.0 Å². The molecular weight excluding hydrogens is 295 g/mol. The number of aromatic nitrogens is 2. The molecule has 0 atom stereocenters. The highest BCUT2D eigenvalue weighted by atomic mass is 19.1. The summed E-state index contributed by atoms with van der Waals surface area (Å²) < 4.78 is 14.6. The number of amides is 1. The van der Waals surface area contributed by atoms with E-state index in [-0.39, 0.29) is 11.7 Å². The summed E-state index contributed by atoms with van der Waals surface area (Å²) in [4.78, 5) is 17.2. The second kappa shape index (κ2) is 5.77. The molecule has 3 aliphatic heterocycles. The fourth-order valence-corrected chi connectivity index (χ4v) is 3.48. The van der Waals surface area contributed by atoms with Gasteiger partial charge in [-0.25, -0.2) is 9.07 Å². The molecule has 2 aromatic rings. The Kier molecular flexibility index (Phi) is 3.61. The number of hydrogen-bond acceptors (Lipinski definition) is 3. The fourth-order valence-electron chi connectivity index (χ4n) is 3.48. The van der Waals surface area contributed by atoms with Crippen molar-refractivity contribution in [3.63, 3.8) is 0 Å². The number of benzene rings is 1. The average molecular weight is 314 g/mol. The second-order valence-corrected chi connectivity index (χ2v) is 6.19. The van der Waals surface area contributed by atoms with Crippen LogP contribution in [-0.2, 0) is 0 Å². The summed E-state index contributed by atoms with van der Waals surface area (Å²) in [5, 5.41) is 4.39. The van der Waals surface area contributed by atoms with Gasteiger partial charge >= 0.3 is 0 Å². The predicted molar refractivity (Wildman–Crippen MR) is 84.0 cm³/mol. The molecule has 3 fully saturated rings. The molecule has 0 N–H and O–H groups in total. The van der Waals surface area contributed by atoms with E-state index in [0.29, 0.717) is 11.7 Å². The SMILES string of the molecule is O=C(c1ccn(-c2ccc(F)cc2)n1)N1CCN2CCC1CC2. The third-order valence-corrected chi connectivity index (χ3v) is 4.82. The lowest BCUT2D eigenvalue weighted by Gasteiger charge is -2.30. The molecule has 3 aliphatic rings. The number of halogens is 1. The van der Waals surface area contributed by atoms with Crippen LogP contribution in [0.4, 0.5) is 4.39 Å². The number of carbonyl (C=O) groups excluding carboxylic acids is 1. The highest BCUT2D eigenvalue weighted by Gasteiger charge is 2.33. The Morgan fingerprint density at radius 1 is 1.04 bits per heavy atom. The Morgan fingerprint density at radius 2 is 1.78 bits per heavy atom. The smallest absolute Gasteiger partial charge is 0.274 e. The molecule has 0 aliphatic carbocycles. The van der Waals surface area contributed by atoms with E-state index in [9.17, 15) is 9.18 Å². The summed E-state index contributed by atoms with van der Waals surface area (Å²) >= 11 is 0. The third-order valence-electron chi connectivity index (χ3n) is 4.82. The van der Waals surface area contributed by atoms with Crippen LogP contribution >= 0.6 is 0 Å². The van der Waals surface area contributed by atoms with Gasteiger partial charge in [0.1, 0.15) is 5.82 Å². The second-order valence-electron chi connectivity index (χ2n) is 6.19. The van der Waals surface area contributed by atoms with Crippen molar-refractivity contribution in [1.82, 2.24) is 19.6 Å². The van der Waals surface area contributed by atoms with Gasteiger partial charge in [-0.05, 0) is 43.2 Å². The van der Waals surface area contributed by atoms with E-state index in [1.807, 2.05) is 4.90 Å². The largest absolute Gasteiger partial charge is 0.333 e. The van der Waals surface area contributed by atoms with Crippen LogP contribution < -0.4 is 0 Å². The molecule has 1 aromatic carbocycles. The molecule has 0 saturated carbocycles. The maximum Gasteiger partial charge on any atom is 0.274 e. The number of carbonyl (C=O) groups is 1. The van der Waals surface area contributed by atoms with Crippen LogP contribution in [0.15, 0.2) is 36.5 Å². The van der Waals surface area contributed by atoms with Crippen LogP contribution in [0.1, 0.15) is 23.3 Å². The van der Waals surface area contributed by atoms with Crippen LogP contribution in [0.25, 0.3) is 5.69 Å². The van der Waals surface area contributed by atoms with Gasteiger partial charge in [0.05, 0.1) is 5.69 Å². The first-order chi connectivity index (χ1) is 11.2. The minimum absolute atomic E-state index is 0.000360. The van der Waals surface area contributed by atoms with Crippen molar-refractivity contribution in [2.24, 2.45) is 0 Å². The standard InChI is InChI=1S/C17H19FN4O/c18-13-1-3-15(4-2-13)22-10-7-16(19-22)17(23)21-12-11-20-8-5-14(21)6-9-20/h1-4,7,10,14H,5-6,8-9,11-12H2. The lowest BCUT2D eigenvalue weighted by atomic mass is 10.1. The summed E-state index contributed by atoms with van der Waals surface area (Å²) in [6.45, 7) is 3.88. The van der Waals surface area contributed by atoms with Crippen molar-refractivity contribution >= 4 is 5.91 Å². The van der Waals surface area contributed by atoms with E-state index in [1.54, 1.807) is 29.1 Å². The highest BCUT2D eigenvalue weighted by Crippen LogP contribution is 2.22. The van der Waals surface area contributed by atoms with Crippen molar-refractivity contribution in [1.29, 1.82) is 0 Å². The van der Waals surface area contributed by atoms with Crippen molar-refractivity contribution in [2.45, 2.75) is 18.9 Å². The van der Waals surface area contributed by atoms with Crippen molar-refractivity contribution in [3.8, 4) is 5.69 Å². The number of hydrogen-bond donors (Lipinski definition) is 0. The lowest BCUT2D eigenvalue weighted by Crippen LogP contribution is -2.41. The Bertz CT molecular complexity index is 704. The molecule has 0 radical (unpaired) electrons. The molecule has 2 bridgehead atoms. The van der Waals surface area contributed by atoms with Gasteiger partial charge in [0.15, 0.2) is 5.69 Å². The molecule has 120 valence electrons. The summed E-state index contributed by atoms with van der Waals surface area (Å²) in [6, 6.07) is 8.15. The first-order valence-corrected chi connectivity index (χ1v) is 8.06. The van der Waals surface area contributed by atoms with E-state index in [2.05, 4.69) is 10.00 Å². The molecule has 4 heterocycles. The molecule has 0 unspecified atom stereocenters. The Morgan fingerprint density at radius 3 is 2.52 bits per heavy atom. The van der Waals surface area contributed by atoms with Gasteiger partial charge in [-0.15, -0.1) is 0 Å². The van der Waals surface area contributed by atoms with E-state index >= 15 is 0 Å². The number of nitrogens with zero attached hydrogens (tertiary/aromatic N) is 4. The first kappa shape index (κ1) is 14.4. The zero-order valence-electron chi connectivity index (χ0n) is 12.9. The zero-order valence-corrected chi connectivity index (χ0v) is 12.9. The average Bonchev–Trinajstić information content (AvgIpc) is 2.88. The maximum absolute atomic E-state index is 13.0. The molecule has 1 aromatic heterocycles. The summed E-state index contributed by atoms with van der Waals surface area (Å²) in [7, 11) is 0. The van der Waals surface area contributed by atoms with E-state index in [0.717, 1.165) is 44.7 Å². The van der Waals surface area contributed by atoms with Crippen molar-refractivity contribution in [2.75, 3.05) is 26.2 Å². The molecule has 5 rings (SSSR count). The van der Waals surface area contributed by atoms with Crippen LogP contribution in [0.5, 0.6) is 0 Å². The van der Waals surface area contributed by atoms with Gasteiger partial charge in [0, 0.05) is 38.4 Å². The Balaban J connectivity index is 1.56. The predicted octanol–water partition coefficient (Wildman–Crippen LogP) is 1.93. The van der Waals surface area contributed by atoms with Crippen LogP contribution in [0, 0.1) is 5.82 Å². The zero-order chi connectivity index (χ0) is 15.8. The van der Waals surface area contributed by atoms with Crippen molar-refractivity contribution < 1.29 is 9.18 Å². The Hall–Kier alpha value is -2.21. The van der Waals surface area contributed by atoms with Crippen LogP contribution in [0.2, 0.25) is 0 Å². The lowest BCUT2D eigenvalue weighted by molar-refractivity contribution is 0.0678. The Labute approximate surface area is 134 Å². The van der Waals surface area contributed by atoms with Gasteiger partial charge in [-0.3, -0.25) is 4.79 Å². The van der Waals surface area contributed by atoms with Crippen LogP contribution in [0.3, 0.4) is 0 Å². The molecule has 6 heteroatoms. The molecule has 0 spiro atoms. The normalized spacial score (nSPS) is 23.8. The van der Waals surface area contributed by atoms with Gasteiger partial charge in [-0.2, -0.15) is 5.10 Å². The van der Waals surface area contributed by atoms with Gasteiger partial charge in [-0.1, -0.05) is 0 Å². The maximum atomic E-state index is 13.0. The monoisotopic (exact) mass is 314 g/mol. The highest BCUT2D eigenvalue weighted by molar-refractivity contribution is 5.92. The molecule has 23 heavy (non-hydrogen) atoms. The molecule has 1 amide bonds. The van der Waals surface area contributed by atoms with Gasteiger partial charge < -0.3 is 9.80 Å². The molecular formula is C17H19FN4O. The minimum Gasteiger partial charge on any atom is -0.333 e. The van der Waals surface area contributed by atoms with E-state index in [4.69, 9.17) is 0 Å². The van der Waals surface area contributed by atoms with Gasteiger partial charge in [0.2, 0.25) is 0 Å². The first-order valence-electron chi connectivity index (χ1n) is 8.06. The van der Waals surface area contributed by atoms with E-state index in [1.165, 1.54) is 12.1 Å². The fraction of sp³-hybridized carbons (Fsp3) is 0.412. The minimum atomic E-state index is -0.285. The van der Waals surface area contributed by atoms with E-state index < -0.39 is 0 Å². The molecule has 3 saturated heterocycles. The summed E-state index contributed by atoms with van der Waals surface area (Å²) in [5.41, 5.74) is 1.20. The topological polar surface area (TPSA) is 41.4 Å². The summed E-state index contributed by atoms with van der Waals surface area (Å²) in [6.07, 6.45) is 3.84. The number of fused-ring (bicyclic) bond motifs is 4. The summed E-state index contributed by atoms with van der Waals surface area (Å²) in [5.74, 6) is -0.285. The van der Waals surface area contributed by atoms with Gasteiger partial charge in [0.25, 0.3) is 5.91 Å².